The molecule has 0 radical (unpaired) electrons. The molecule has 1 fully saturated rings. The molecule has 0 aromatic carbocycles. The second-order valence-corrected chi connectivity index (χ2v) is 7.30. The second kappa shape index (κ2) is 9.65. The maximum absolute atomic E-state index is 12.6. The van der Waals surface area contributed by atoms with Crippen LogP contribution in [0.15, 0.2) is 29.7 Å². The molecule has 3 heterocycles. The number of hydrogen-bond acceptors (Lipinski definition) is 7. The van der Waals surface area contributed by atoms with Gasteiger partial charge in [-0.25, -0.2) is 0 Å². The molecule has 0 aliphatic carbocycles. The van der Waals surface area contributed by atoms with Crippen molar-refractivity contribution in [2.75, 3.05) is 45.6 Å². The first-order valence-corrected chi connectivity index (χ1v) is 10.1. The molecule has 0 N–H and O–H groups in total. The largest absolute Gasteiger partial charge is 0.383 e. The number of methoxy groups -OCH3 is 1. The van der Waals surface area contributed by atoms with Gasteiger partial charge in [0.15, 0.2) is 11.0 Å². The van der Waals surface area contributed by atoms with Crippen LogP contribution in [0.1, 0.15) is 6.92 Å². The number of aromatic nitrogens is 4. The highest BCUT2D eigenvalue weighted by atomic mass is 32.2. The van der Waals surface area contributed by atoms with Gasteiger partial charge in [0.1, 0.15) is 0 Å². The summed E-state index contributed by atoms with van der Waals surface area (Å²) in [7, 11) is 1.65. The van der Waals surface area contributed by atoms with Gasteiger partial charge in [0, 0.05) is 58.2 Å². The van der Waals surface area contributed by atoms with Crippen molar-refractivity contribution in [1.82, 2.24) is 29.5 Å². The molecule has 0 spiro atoms. The molecule has 0 atom stereocenters. The third-order valence-corrected chi connectivity index (χ3v) is 5.53. The van der Waals surface area contributed by atoms with Crippen molar-refractivity contribution in [2.24, 2.45) is 0 Å². The van der Waals surface area contributed by atoms with Gasteiger partial charge in [0.05, 0.1) is 18.9 Å². The molecule has 2 aromatic rings. The van der Waals surface area contributed by atoms with Crippen molar-refractivity contribution in [3.8, 4) is 11.4 Å². The molecule has 10 heteroatoms. The number of ether oxygens (including phenoxy) is 1. The molecule has 0 saturated carbocycles. The lowest BCUT2D eigenvalue weighted by Crippen LogP contribution is -2.50. The third-order valence-electron chi connectivity index (χ3n) is 4.58. The van der Waals surface area contributed by atoms with Gasteiger partial charge < -0.3 is 14.5 Å². The van der Waals surface area contributed by atoms with Crippen molar-refractivity contribution < 1.29 is 14.3 Å². The van der Waals surface area contributed by atoms with Gasteiger partial charge in [-0.15, -0.1) is 10.2 Å². The number of rotatable bonds is 7. The summed E-state index contributed by atoms with van der Waals surface area (Å²) in [4.78, 5) is 31.6. The van der Waals surface area contributed by atoms with E-state index in [1.54, 1.807) is 36.2 Å². The number of pyridine rings is 1. The first kappa shape index (κ1) is 20.3. The van der Waals surface area contributed by atoms with Crippen LogP contribution in [0.3, 0.4) is 0 Å². The number of thioether (sulfide) groups is 1. The van der Waals surface area contributed by atoms with E-state index in [4.69, 9.17) is 4.74 Å². The van der Waals surface area contributed by atoms with Gasteiger partial charge in [-0.1, -0.05) is 11.8 Å². The maximum Gasteiger partial charge on any atom is 0.233 e. The number of carbonyl (C=O) groups is 2. The fraction of sp³-hybridized carbons (Fsp3) is 0.500. The lowest BCUT2D eigenvalue weighted by atomic mass is 10.2. The van der Waals surface area contributed by atoms with Crippen LogP contribution in [0.2, 0.25) is 0 Å². The van der Waals surface area contributed by atoms with Gasteiger partial charge in [-0.3, -0.25) is 19.1 Å². The normalized spacial score (nSPS) is 14.4. The highest BCUT2D eigenvalue weighted by Crippen LogP contribution is 2.24. The zero-order valence-corrected chi connectivity index (χ0v) is 16.9. The Morgan fingerprint density at radius 3 is 2.43 bits per heavy atom. The topological polar surface area (TPSA) is 93.5 Å². The van der Waals surface area contributed by atoms with Gasteiger partial charge in [0.25, 0.3) is 0 Å². The van der Waals surface area contributed by atoms with Crippen LogP contribution < -0.4 is 0 Å². The molecule has 2 amide bonds. The Kier molecular flexibility index (Phi) is 6.99. The number of nitrogens with zero attached hydrogens (tertiary/aromatic N) is 6. The van der Waals surface area contributed by atoms with E-state index < -0.39 is 0 Å². The molecule has 28 heavy (non-hydrogen) atoms. The zero-order valence-electron chi connectivity index (χ0n) is 16.1. The third kappa shape index (κ3) is 4.87. The van der Waals surface area contributed by atoms with E-state index >= 15 is 0 Å². The molecular weight excluding hydrogens is 380 g/mol. The highest BCUT2D eigenvalue weighted by molar-refractivity contribution is 7.99. The molecule has 9 nitrogen and oxygen atoms in total. The van der Waals surface area contributed by atoms with E-state index in [0.29, 0.717) is 44.5 Å². The van der Waals surface area contributed by atoms with Crippen molar-refractivity contribution in [3.63, 3.8) is 0 Å². The predicted octanol–water partition coefficient (Wildman–Crippen LogP) is 0.769. The number of hydrogen-bond donors (Lipinski definition) is 0. The summed E-state index contributed by atoms with van der Waals surface area (Å²) < 4.78 is 7.17. The van der Waals surface area contributed by atoms with Crippen LogP contribution in [-0.2, 0) is 20.9 Å². The summed E-state index contributed by atoms with van der Waals surface area (Å²) in [5, 5.41) is 9.25. The van der Waals surface area contributed by atoms with Crippen molar-refractivity contribution >= 4 is 23.6 Å². The monoisotopic (exact) mass is 404 g/mol. The number of piperazine rings is 1. The van der Waals surface area contributed by atoms with Crippen LogP contribution >= 0.6 is 11.8 Å². The Morgan fingerprint density at radius 2 is 1.79 bits per heavy atom. The van der Waals surface area contributed by atoms with Crippen LogP contribution in [-0.4, -0.2) is 87.0 Å². The second-order valence-electron chi connectivity index (χ2n) is 6.36. The van der Waals surface area contributed by atoms with Crippen LogP contribution in [0.5, 0.6) is 0 Å². The SMILES string of the molecule is COCCn1c(SCC(=O)N2CCN(C(C)=O)CC2)nnc1-c1ccncc1. The Morgan fingerprint density at radius 1 is 1.11 bits per heavy atom. The smallest absolute Gasteiger partial charge is 0.233 e. The average molecular weight is 404 g/mol. The van der Waals surface area contributed by atoms with Crippen molar-refractivity contribution in [3.05, 3.63) is 24.5 Å². The van der Waals surface area contributed by atoms with Crippen molar-refractivity contribution in [2.45, 2.75) is 18.6 Å². The van der Waals surface area contributed by atoms with Gasteiger partial charge in [-0.2, -0.15) is 0 Å². The summed E-state index contributed by atoms with van der Waals surface area (Å²) in [5.74, 6) is 1.10. The predicted molar refractivity (Wildman–Crippen MR) is 105 cm³/mol. The summed E-state index contributed by atoms with van der Waals surface area (Å²) in [5.41, 5.74) is 0.914. The average Bonchev–Trinajstić information content (AvgIpc) is 3.13. The molecule has 1 aliphatic heterocycles. The van der Waals surface area contributed by atoms with Gasteiger partial charge in [0.2, 0.25) is 11.8 Å². The molecule has 1 aliphatic rings. The quantitative estimate of drug-likeness (QED) is 0.629. The molecular formula is C18H24N6O3S. The summed E-state index contributed by atoms with van der Waals surface area (Å²) in [6.45, 7) is 4.97. The lowest BCUT2D eigenvalue weighted by molar-refractivity contribution is -0.136. The molecule has 2 aromatic heterocycles. The summed E-state index contributed by atoms with van der Waals surface area (Å²) in [6.07, 6.45) is 3.42. The Hall–Kier alpha value is -2.46. The Bertz CT molecular complexity index is 805. The van der Waals surface area contributed by atoms with Gasteiger partial charge >= 0.3 is 0 Å². The summed E-state index contributed by atoms with van der Waals surface area (Å²) >= 11 is 1.37. The van der Waals surface area contributed by atoms with E-state index in [1.165, 1.54) is 11.8 Å². The first-order chi connectivity index (χ1) is 13.6. The van der Waals surface area contributed by atoms with Crippen LogP contribution in [0.25, 0.3) is 11.4 Å². The highest BCUT2D eigenvalue weighted by Gasteiger charge is 2.23. The molecule has 1 saturated heterocycles. The number of amides is 2. The van der Waals surface area contributed by atoms with Gasteiger partial charge in [-0.05, 0) is 12.1 Å². The minimum absolute atomic E-state index is 0.0416. The van der Waals surface area contributed by atoms with E-state index in [2.05, 4.69) is 15.2 Å². The first-order valence-electron chi connectivity index (χ1n) is 9.08. The van der Waals surface area contributed by atoms with E-state index in [-0.39, 0.29) is 17.6 Å². The van der Waals surface area contributed by atoms with Crippen LogP contribution in [0, 0.1) is 0 Å². The fourth-order valence-corrected chi connectivity index (χ4v) is 3.85. The number of carbonyl (C=O) groups excluding carboxylic acids is 2. The standard InChI is InChI=1S/C18H24N6O3S/c1-14(25)22-7-9-23(10-8-22)16(26)13-28-18-21-20-17(24(18)11-12-27-2)15-3-5-19-6-4-15/h3-6H,7-13H2,1-2H3. The maximum atomic E-state index is 12.6. The van der Waals surface area contributed by atoms with E-state index in [1.807, 2.05) is 16.7 Å². The van der Waals surface area contributed by atoms with Crippen molar-refractivity contribution in [1.29, 1.82) is 0 Å². The Labute approximate surface area is 168 Å². The minimum Gasteiger partial charge on any atom is -0.383 e. The molecule has 0 unspecified atom stereocenters. The molecule has 0 bridgehead atoms. The zero-order chi connectivity index (χ0) is 19.9. The van der Waals surface area contributed by atoms with Crippen LogP contribution in [0.4, 0.5) is 0 Å². The fourth-order valence-electron chi connectivity index (χ4n) is 2.98. The van der Waals surface area contributed by atoms with E-state index in [9.17, 15) is 9.59 Å². The molecule has 150 valence electrons. The minimum atomic E-state index is 0.0416. The Balaban J connectivity index is 1.64. The lowest BCUT2D eigenvalue weighted by Gasteiger charge is -2.34. The molecule has 3 rings (SSSR count). The van der Waals surface area contributed by atoms with E-state index in [0.717, 1.165) is 11.4 Å². The summed E-state index contributed by atoms with van der Waals surface area (Å²) in [6, 6.07) is 3.75.